The molecule has 0 unspecified atom stereocenters. The quantitative estimate of drug-likeness (QED) is 0.616. The summed E-state index contributed by atoms with van der Waals surface area (Å²) in [6.45, 7) is 5.92. The third-order valence-corrected chi connectivity index (χ3v) is 6.18. The second-order valence-electron chi connectivity index (χ2n) is 8.29. The number of aryl methyl sites for hydroxylation is 1. The SMILES string of the molecule is Cc1cc2c(c(C)c1Cc1nccc3c1ccn3CC1CC(F)(F)C1)OCCO2. The summed E-state index contributed by atoms with van der Waals surface area (Å²) >= 11 is 0. The van der Waals surface area contributed by atoms with Crippen LogP contribution in [0.4, 0.5) is 8.78 Å². The molecule has 152 valence electrons. The summed E-state index contributed by atoms with van der Waals surface area (Å²) in [7, 11) is 0. The number of aromatic nitrogens is 2. The molecule has 4 nitrogen and oxygen atoms in total. The first-order valence-corrected chi connectivity index (χ1v) is 10.1. The molecule has 2 aliphatic rings. The smallest absolute Gasteiger partial charge is 0.248 e. The number of alkyl halides is 2. The standard InChI is InChI=1S/C23H24F2N2O2/c1-14-9-21-22(29-8-7-28-21)15(2)18(14)10-19-17-4-6-27(20(17)3-5-26-19)13-16-11-23(24,25)12-16/h3-6,9,16H,7-8,10-13H2,1-2H3. The van der Waals surface area contributed by atoms with Crippen molar-refractivity contribution in [2.24, 2.45) is 5.92 Å². The van der Waals surface area contributed by atoms with Gasteiger partial charge in [0, 0.05) is 43.6 Å². The fourth-order valence-electron chi connectivity index (χ4n) is 4.66. The topological polar surface area (TPSA) is 36.3 Å². The summed E-state index contributed by atoms with van der Waals surface area (Å²) in [5, 5.41) is 1.08. The van der Waals surface area contributed by atoms with Crippen molar-refractivity contribution in [1.82, 2.24) is 9.55 Å². The van der Waals surface area contributed by atoms with Crippen LogP contribution in [0.25, 0.3) is 10.9 Å². The Hall–Kier alpha value is -2.63. The first-order valence-electron chi connectivity index (χ1n) is 10.1. The van der Waals surface area contributed by atoms with Gasteiger partial charge in [-0.3, -0.25) is 4.98 Å². The van der Waals surface area contributed by atoms with Crippen LogP contribution < -0.4 is 9.47 Å². The lowest BCUT2D eigenvalue weighted by Crippen LogP contribution is -2.37. The van der Waals surface area contributed by atoms with Gasteiger partial charge in [0.15, 0.2) is 11.5 Å². The molecular weight excluding hydrogens is 374 g/mol. The Kier molecular flexibility index (Phi) is 4.26. The number of fused-ring (bicyclic) bond motifs is 2. The third kappa shape index (κ3) is 3.24. The van der Waals surface area contributed by atoms with Gasteiger partial charge in [-0.25, -0.2) is 8.78 Å². The number of nitrogens with zero attached hydrogens (tertiary/aromatic N) is 2. The molecule has 1 aliphatic carbocycles. The van der Waals surface area contributed by atoms with Crippen molar-refractivity contribution in [3.05, 3.63) is 53.0 Å². The number of benzene rings is 1. The largest absolute Gasteiger partial charge is 0.486 e. The van der Waals surface area contributed by atoms with Gasteiger partial charge in [0.1, 0.15) is 13.2 Å². The molecule has 0 amide bonds. The van der Waals surface area contributed by atoms with Gasteiger partial charge < -0.3 is 14.0 Å². The first kappa shape index (κ1) is 18.4. The Labute approximate surface area is 168 Å². The van der Waals surface area contributed by atoms with Gasteiger partial charge in [0.25, 0.3) is 0 Å². The molecule has 5 rings (SSSR count). The van der Waals surface area contributed by atoms with Crippen molar-refractivity contribution < 1.29 is 18.3 Å². The van der Waals surface area contributed by atoms with E-state index in [0.29, 0.717) is 26.2 Å². The highest BCUT2D eigenvalue weighted by Crippen LogP contribution is 2.43. The van der Waals surface area contributed by atoms with Crippen LogP contribution in [-0.2, 0) is 13.0 Å². The molecule has 0 N–H and O–H groups in total. The third-order valence-electron chi connectivity index (χ3n) is 6.18. The summed E-state index contributed by atoms with van der Waals surface area (Å²) in [4.78, 5) is 4.64. The zero-order chi connectivity index (χ0) is 20.2. The molecule has 29 heavy (non-hydrogen) atoms. The predicted octanol–water partition coefficient (Wildman–Crippen LogP) is 5.06. The van der Waals surface area contributed by atoms with Crippen molar-refractivity contribution in [2.75, 3.05) is 13.2 Å². The van der Waals surface area contributed by atoms with E-state index in [9.17, 15) is 8.78 Å². The van der Waals surface area contributed by atoms with E-state index in [-0.39, 0.29) is 18.8 Å². The van der Waals surface area contributed by atoms with Gasteiger partial charge in [-0.2, -0.15) is 0 Å². The molecule has 1 aliphatic heterocycles. The Morgan fingerprint density at radius 2 is 1.97 bits per heavy atom. The van der Waals surface area contributed by atoms with Crippen molar-refractivity contribution in [1.29, 1.82) is 0 Å². The van der Waals surface area contributed by atoms with E-state index < -0.39 is 5.92 Å². The maximum Gasteiger partial charge on any atom is 0.248 e. The summed E-state index contributed by atoms with van der Waals surface area (Å²) in [5.74, 6) is -0.801. The van der Waals surface area contributed by atoms with Crippen LogP contribution in [0.2, 0.25) is 0 Å². The Bertz CT molecular complexity index is 1080. The van der Waals surface area contributed by atoms with Gasteiger partial charge in [-0.1, -0.05) is 0 Å². The van der Waals surface area contributed by atoms with E-state index in [2.05, 4.69) is 29.5 Å². The molecule has 6 heteroatoms. The molecule has 1 aromatic carbocycles. The minimum Gasteiger partial charge on any atom is -0.486 e. The van der Waals surface area contributed by atoms with Crippen LogP contribution in [0, 0.1) is 19.8 Å². The fourth-order valence-corrected chi connectivity index (χ4v) is 4.66. The Morgan fingerprint density at radius 3 is 2.76 bits per heavy atom. The van der Waals surface area contributed by atoms with Crippen LogP contribution in [0.15, 0.2) is 30.6 Å². The fraction of sp³-hybridized carbons (Fsp3) is 0.435. The van der Waals surface area contributed by atoms with Gasteiger partial charge in [-0.15, -0.1) is 0 Å². The van der Waals surface area contributed by atoms with E-state index in [1.165, 1.54) is 5.56 Å². The maximum absolute atomic E-state index is 13.2. The highest BCUT2D eigenvalue weighted by atomic mass is 19.3. The normalized spacial score (nSPS) is 18.1. The lowest BCUT2D eigenvalue weighted by Gasteiger charge is -2.35. The second-order valence-corrected chi connectivity index (χ2v) is 8.29. The van der Waals surface area contributed by atoms with Crippen LogP contribution >= 0.6 is 0 Å². The molecule has 0 saturated heterocycles. The van der Waals surface area contributed by atoms with Gasteiger partial charge in [-0.05, 0) is 54.7 Å². The van der Waals surface area contributed by atoms with Crippen LogP contribution in [0.1, 0.15) is 35.2 Å². The van der Waals surface area contributed by atoms with Crippen molar-refractivity contribution in [3.63, 3.8) is 0 Å². The number of hydrogen-bond acceptors (Lipinski definition) is 3. The van der Waals surface area contributed by atoms with Gasteiger partial charge in [0.2, 0.25) is 5.92 Å². The van der Waals surface area contributed by atoms with E-state index >= 15 is 0 Å². The molecule has 0 spiro atoms. The zero-order valence-electron chi connectivity index (χ0n) is 16.7. The zero-order valence-corrected chi connectivity index (χ0v) is 16.7. The molecular formula is C23H24F2N2O2. The Balaban J connectivity index is 1.46. The molecule has 3 aromatic rings. The average molecular weight is 398 g/mol. The highest BCUT2D eigenvalue weighted by molar-refractivity contribution is 5.82. The van der Waals surface area contributed by atoms with E-state index in [0.717, 1.165) is 39.2 Å². The Morgan fingerprint density at radius 1 is 1.17 bits per heavy atom. The average Bonchev–Trinajstić information content (AvgIpc) is 3.07. The molecule has 2 aromatic heterocycles. The number of pyridine rings is 1. The number of hydrogen-bond donors (Lipinski definition) is 0. The van der Waals surface area contributed by atoms with E-state index in [4.69, 9.17) is 9.47 Å². The summed E-state index contributed by atoms with van der Waals surface area (Å²) in [6, 6.07) is 6.06. The van der Waals surface area contributed by atoms with Crippen molar-refractivity contribution >= 4 is 10.9 Å². The lowest BCUT2D eigenvalue weighted by atomic mass is 9.81. The van der Waals surface area contributed by atoms with E-state index in [1.54, 1.807) is 0 Å². The molecule has 3 heterocycles. The summed E-state index contributed by atoms with van der Waals surface area (Å²) in [6.07, 6.45) is 4.47. The molecule has 1 saturated carbocycles. The molecule has 1 fully saturated rings. The van der Waals surface area contributed by atoms with Gasteiger partial charge >= 0.3 is 0 Å². The van der Waals surface area contributed by atoms with Crippen LogP contribution in [-0.4, -0.2) is 28.7 Å². The predicted molar refractivity (Wildman–Crippen MR) is 107 cm³/mol. The van der Waals surface area contributed by atoms with Crippen LogP contribution in [0.5, 0.6) is 11.5 Å². The van der Waals surface area contributed by atoms with E-state index in [1.807, 2.05) is 24.5 Å². The van der Waals surface area contributed by atoms with Crippen molar-refractivity contribution in [2.45, 2.75) is 45.6 Å². The minimum absolute atomic E-state index is 0.0137. The number of rotatable bonds is 4. The molecule has 0 atom stereocenters. The molecule has 0 bridgehead atoms. The monoisotopic (exact) mass is 398 g/mol. The second kappa shape index (κ2) is 6.71. The van der Waals surface area contributed by atoms with Crippen LogP contribution in [0.3, 0.4) is 0 Å². The van der Waals surface area contributed by atoms with Gasteiger partial charge in [0.05, 0.1) is 11.2 Å². The van der Waals surface area contributed by atoms with Crippen molar-refractivity contribution in [3.8, 4) is 11.5 Å². The first-order chi connectivity index (χ1) is 13.9. The minimum atomic E-state index is -2.48. The number of ether oxygens (including phenoxy) is 2. The maximum atomic E-state index is 13.2. The highest BCUT2D eigenvalue weighted by Gasteiger charge is 2.45. The molecule has 0 radical (unpaired) electrons. The lowest BCUT2D eigenvalue weighted by molar-refractivity contribution is -0.113. The summed E-state index contributed by atoms with van der Waals surface area (Å²) < 4.78 is 40.1. The summed E-state index contributed by atoms with van der Waals surface area (Å²) in [5.41, 5.74) is 5.48. The number of halogens is 2.